The standard InChI is InChI=1S/C16H14BrNO4/c17-13-6-8-14(9-7-13)18(10-15(19)20)16(21)22-11-12-4-2-1-3-5-12/h1-9H,10-11H2,(H,19,20). The van der Waals surface area contributed by atoms with Gasteiger partial charge in [0.1, 0.15) is 13.2 Å². The lowest BCUT2D eigenvalue weighted by molar-refractivity contribution is -0.135. The summed E-state index contributed by atoms with van der Waals surface area (Å²) in [6.45, 7) is -0.373. The average molecular weight is 364 g/mol. The van der Waals surface area contributed by atoms with Gasteiger partial charge in [-0.3, -0.25) is 9.69 Å². The first-order valence-corrected chi connectivity index (χ1v) is 7.31. The Morgan fingerprint density at radius 3 is 2.27 bits per heavy atom. The molecule has 0 heterocycles. The number of ether oxygens (including phenoxy) is 1. The number of carboxylic acid groups (broad SMARTS) is 1. The van der Waals surface area contributed by atoms with E-state index in [-0.39, 0.29) is 6.61 Å². The molecular weight excluding hydrogens is 350 g/mol. The third-order valence-electron chi connectivity index (χ3n) is 2.86. The molecule has 2 aromatic carbocycles. The van der Waals surface area contributed by atoms with E-state index in [0.717, 1.165) is 14.9 Å². The predicted octanol–water partition coefficient (Wildman–Crippen LogP) is 3.68. The van der Waals surface area contributed by atoms with E-state index in [9.17, 15) is 9.59 Å². The Labute approximate surface area is 136 Å². The molecule has 0 aromatic heterocycles. The van der Waals surface area contributed by atoms with Crippen LogP contribution in [0.15, 0.2) is 59.1 Å². The number of carbonyl (C=O) groups is 2. The van der Waals surface area contributed by atoms with Gasteiger partial charge < -0.3 is 9.84 Å². The monoisotopic (exact) mass is 363 g/mol. The van der Waals surface area contributed by atoms with Crippen molar-refractivity contribution in [1.29, 1.82) is 0 Å². The van der Waals surface area contributed by atoms with Crippen LogP contribution < -0.4 is 4.90 Å². The maximum Gasteiger partial charge on any atom is 0.415 e. The molecule has 0 bridgehead atoms. The van der Waals surface area contributed by atoms with Crippen LogP contribution in [-0.4, -0.2) is 23.7 Å². The Hall–Kier alpha value is -2.34. The van der Waals surface area contributed by atoms with Crippen molar-refractivity contribution in [2.45, 2.75) is 6.61 Å². The second-order valence-corrected chi connectivity index (χ2v) is 5.41. The van der Waals surface area contributed by atoms with Crippen molar-refractivity contribution in [2.24, 2.45) is 0 Å². The number of rotatable bonds is 5. The van der Waals surface area contributed by atoms with Gasteiger partial charge in [0.15, 0.2) is 0 Å². The molecule has 2 aromatic rings. The molecule has 0 unspecified atom stereocenters. The molecule has 0 fully saturated rings. The van der Waals surface area contributed by atoms with Gasteiger partial charge in [-0.2, -0.15) is 0 Å². The minimum Gasteiger partial charge on any atom is -0.480 e. The number of hydrogen-bond donors (Lipinski definition) is 1. The molecule has 0 radical (unpaired) electrons. The lowest BCUT2D eigenvalue weighted by atomic mass is 10.2. The molecule has 1 amide bonds. The number of nitrogens with zero attached hydrogens (tertiary/aromatic N) is 1. The molecule has 0 aliphatic rings. The first kappa shape index (κ1) is 16.0. The number of aliphatic carboxylic acids is 1. The first-order chi connectivity index (χ1) is 10.6. The van der Waals surface area contributed by atoms with Crippen molar-refractivity contribution in [3.05, 3.63) is 64.6 Å². The number of anilines is 1. The highest BCUT2D eigenvalue weighted by Crippen LogP contribution is 2.19. The fraction of sp³-hybridized carbons (Fsp3) is 0.125. The second-order valence-electron chi connectivity index (χ2n) is 4.50. The molecule has 0 saturated heterocycles. The third kappa shape index (κ3) is 4.60. The number of halogens is 1. The summed E-state index contributed by atoms with van der Waals surface area (Å²) >= 11 is 3.29. The molecule has 2 rings (SSSR count). The van der Waals surface area contributed by atoms with E-state index in [1.165, 1.54) is 0 Å². The maximum atomic E-state index is 12.2. The zero-order valence-electron chi connectivity index (χ0n) is 11.6. The minimum atomic E-state index is -1.11. The van der Waals surface area contributed by atoms with Crippen LogP contribution in [0.3, 0.4) is 0 Å². The fourth-order valence-corrected chi connectivity index (χ4v) is 2.08. The molecule has 1 N–H and O–H groups in total. The molecule has 0 spiro atoms. The van der Waals surface area contributed by atoms with Crippen molar-refractivity contribution < 1.29 is 19.4 Å². The Bertz CT molecular complexity index is 643. The largest absolute Gasteiger partial charge is 0.480 e. The summed E-state index contributed by atoms with van der Waals surface area (Å²) in [6.07, 6.45) is -0.700. The lowest BCUT2D eigenvalue weighted by Gasteiger charge is -2.20. The van der Waals surface area contributed by atoms with E-state index in [0.29, 0.717) is 5.69 Å². The van der Waals surface area contributed by atoms with Crippen LogP contribution >= 0.6 is 15.9 Å². The van der Waals surface area contributed by atoms with Crippen molar-refractivity contribution in [3.8, 4) is 0 Å². The molecule has 0 aliphatic heterocycles. The lowest BCUT2D eigenvalue weighted by Crippen LogP contribution is -2.36. The van der Waals surface area contributed by atoms with Gasteiger partial charge in [0.05, 0.1) is 0 Å². The van der Waals surface area contributed by atoms with E-state index in [4.69, 9.17) is 9.84 Å². The Balaban J connectivity index is 2.09. The van der Waals surface area contributed by atoms with Gasteiger partial charge in [-0.1, -0.05) is 46.3 Å². The van der Waals surface area contributed by atoms with Gasteiger partial charge in [0.2, 0.25) is 0 Å². The van der Waals surface area contributed by atoms with Crippen LogP contribution in [0.4, 0.5) is 10.5 Å². The van der Waals surface area contributed by atoms with Crippen molar-refractivity contribution in [3.63, 3.8) is 0 Å². The van der Waals surface area contributed by atoms with Crippen LogP contribution in [0.2, 0.25) is 0 Å². The maximum absolute atomic E-state index is 12.2. The van der Waals surface area contributed by atoms with E-state index in [1.54, 1.807) is 24.3 Å². The second kappa shape index (κ2) is 7.61. The number of carboxylic acids is 1. The molecule has 0 saturated carbocycles. The Morgan fingerprint density at radius 1 is 1.05 bits per heavy atom. The molecule has 6 heteroatoms. The van der Waals surface area contributed by atoms with Gasteiger partial charge >= 0.3 is 12.1 Å². The van der Waals surface area contributed by atoms with Gasteiger partial charge in [0, 0.05) is 10.2 Å². The summed E-state index contributed by atoms with van der Waals surface area (Å²) in [7, 11) is 0. The van der Waals surface area contributed by atoms with Crippen LogP contribution in [0.5, 0.6) is 0 Å². The van der Waals surface area contributed by atoms with Gasteiger partial charge in [-0.15, -0.1) is 0 Å². The van der Waals surface area contributed by atoms with E-state index in [1.807, 2.05) is 30.3 Å². The number of carbonyl (C=O) groups excluding carboxylic acids is 1. The molecular formula is C16H14BrNO4. The van der Waals surface area contributed by atoms with E-state index < -0.39 is 18.6 Å². The van der Waals surface area contributed by atoms with Crippen molar-refractivity contribution >= 4 is 33.7 Å². The summed E-state index contributed by atoms with van der Waals surface area (Å²) in [5, 5.41) is 8.98. The Kier molecular flexibility index (Phi) is 5.55. The SMILES string of the molecule is O=C(O)CN(C(=O)OCc1ccccc1)c1ccc(Br)cc1. The molecule has 5 nitrogen and oxygen atoms in total. The highest BCUT2D eigenvalue weighted by Gasteiger charge is 2.20. The summed E-state index contributed by atoms with van der Waals surface area (Å²) in [5.41, 5.74) is 1.30. The van der Waals surface area contributed by atoms with Crippen LogP contribution in [0, 0.1) is 0 Å². The first-order valence-electron chi connectivity index (χ1n) is 6.52. The van der Waals surface area contributed by atoms with Gasteiger partial charge in [-0.05, 0) is 29.8 Å². The third-order valence-corrected chi connectivity index (χ3v) is 3.39. The molecule has 0 aliphatic carbocycles. The normalized spacial score (nSPS) is 10.0. The Morgan fingerprint density at radius 2 is 1.68 bits per heavy atom. The smallest absolute Gasteiger partial charge is 0.415 e. The van der Waals surface area contributed by atoms with Crippen LogP contribution in [0.1, 0.15) is 5.56 Å². The summed E-state index contributed by atoms with van der Waals surface area (Å²) < 4.78 is 6.02. The van der Waals surface area contributed by atoms with Crippen LogP contribution in [-0.2, 0) is 16.1 Å². The zero-order chi connectivity index (χ0) is 15.9. The van der Waals surface area contributed by atoms with Crippen molar-refractivity contribution in [1.82, 2.24) is 0 Å². The minimum absolute atomic E-state index is 0.0896. The van der Waals surface area contributed by atoms with Gasteiger partial charge in [0.25, 0.3) is 0 Å². The van der Waals surface area contributed by atoms with Gasteiger partial charge in [-0.25, -0.2) is 4.79 Å². The quantitative estimate of drug-likeness (QED) is 0.879. The molecule has 22 heavy (non-hydrogen) atoms. The topological polar surface area (TPSA) is 66.8 Å². The summed E-state index contributed by atoms with van der Waals surface area (Å²) in [6, 6.07) is 16.0. The predicted molar refractivity (Wildman–Crippen MR) is 85.8 cm³/mol. The van der Waals surface area contributed by atoms with E-state index >= 15 is 0 Å². The summed E-state index contributed by atoms with van der Waals surface area (Å²) in [5.74, 6) is -1.11. The number of hydrogen-bond acceptors (Lipinski definition) is 3. The molecule has 114 valence electrons. The average Bonchev–Trinajstić information content (AvgIpc) is 2.52. The highest BCUT2D eigenvalue weighted by atomic mass is 79.9. The number of benzene rings is 2. The van der Waals surface area contributed by atoms with Crippen molar-refractivity contribution in [2.75, 3.05) is 11.4 Å². The fourth-order valence-electron chi connectivity index (χ4n) is 1.81. The molecule has 0 atom stereocenters. The number of amides is 1. The summed E-state index contributed by atoms with van der Waals surface area (Å²) in [4.78, 5) is 24.2. The van der Waals surface area contributed by atoms with E-state index in [2.05, 4.69) is 15.9 Å². The highest BCUT2D eigenvalue weighted by molar-refractivity contribution is 9.10. The zero-order valence-corrected chi connectivity index (χ0v) is 13.2. The van der Waals surface area contributed by atoms with Crippen LogP contribution in [0.25, 0.3) is 0 Å².